The lowest BCUT2D eigenvalue weighted by Gasteiger charge is -2.24. The van der Waals surface area contributed by atoms with Gasteiger partial charge in [0, 0.05) is 16.8 Å². The Morgan fingerprint density at radius 1 is 1.03 bits per heavy atom. The van der Waals surface area contributed by atoms with Crippen molar-refractivity contribution >= 4 is 41.2 Å². The molecule has 0 aliphatic carbocycles. The van der Waals surface area contributed by atoms with Gasteiger partial charge in [0.15, 0.2) is 0 Å². The number of hydrogen-bond acceptors (Lipinski definition) is 4. The zero-order chi connectivity index (χ0) is 23.5. The highest BCUT2D eigenvalue weighted by atomic mass is 35.5. The van der Waals surface area contributed by atoms with Crippen LogP contribution in [0.2, 0.25) is 5.02 Å². The van der Waals surface area contributed by atoms with Gasteiger partial charge in [0.2, 0.25) is 5.95 Å². The maximum atomic E-state index is 13.1. The molecule has 1 atom stereocenters. The third-order valence-electron chi connectivity index (χ3n) is 5.29. The second-order valence-electron chi connectivity index (χ2n) is 7.65. The number of allylic oxidation sites excluding steroid dienone is 1. The van der Waals surface area contributed by atoms with Gasteiger partial charge in [0.05, 0.1) is 0 Å². The minimum Gasteiger partial charge on any atom is -0.324 e. The molecular weight excluding hydrogens is 453 g/mol. The molecule has 6 nitrogen and oxygen atoms in total. The second kappa shape index (κ2) is 9.33. The van der Waals surface area contributed by atoms with Crippen LogP contribution in [0.3, 0.4) is 0 Å². The van der Waals surface area contributed by atoms with Crippen molar-refractivity contribution in [2.45, 2.75) is 6.04 Å². The Morgan fingerprint density at radius 2 is 1.76 bits per heavy atom. The fourth-order valence-corrected chi connectivity index (χ4v) is 3.76. The molecule has 1 unspecified atom stereocenters. The molecule has 4 aromatic rings. The normalized spacial score (nSPS) is 14.9. The molecule has 0 radical (unpaired) electrons. The summed E-state index contributed by atoms with van der Waals surface area (Å²) in [6.45, 7) is 0. The number of rotatable bonds is 5. The van der Waals surface area contributed by atoms with Crippen LogP contribution in [0.15, 0.2) is 91.0 Å². The Hall–Kier alpha value is -4.23. The van der Waals surface area contributed by atoms with Crippen LogP contribution in [0.1, 0.15) is 22.7 Å². The molecule has 0 bridgehead atoms. The van der Waals surface area contributed by atoms with Crippen molar-refractivity contribution in [3.05, 3.63) is 119 Å². The molecule has 168 valence electrons. The van der Waals surface area contributed by atoms with E-state index in [1.54, 1.807) is 22.9 Å². The van der Waals surface area contributed by atoms with Crippen molar-refractivity contribution in [2.24, 2.45) is 0 Å². The second-order valence-corrected chi connectivity index (χ2v) is 8.08. The van der Waals surface area contributed by atoms with Crippen molar-refractivity contribution in [1.29, 1.82) is 0 Å². The molecule has 2 heterocycles. The van der Waals surface area contributed by atoms with Crippen LogP contribution in [0.5, 0.6) is 0 Å². The Kier molecular flexibility index (Phi) is 5.93. The number of amides is 1. The lowest BCUT2D eigenvalue weighted by molar-refractivity contribution is -0.111. The minimum absolute atomic E-state index is 0.169. The molecule has 1 amide bonds. The van der Waals surface area contributed by atoms with E-state index in [2.05, 4.69) is 26.8 Å². The highest BCUT2D eigenvalue weighted by Gasteiger charge is 2.25. The van der Waals surface area contributed by atoms with Gasteiger partial charge >= 0.3 is 0 Å². The number of anilines is 2. The van der Waals surface area contributed by atoms with E-state index < -0.39 is 5.91 Å². The number of hydrogen-bond donors (Lipinski definition) is 2. The van der Waals surface area contributed by atoms with Crippen LogP contribution in [0, 0.1) is 5.82 Å². The van der Waals surface area contributed by atoms with Gasteiger partial charge in [-0.2, -0.15) is 4.98 Å². The summed E-state index contributed by atoms with van der Waals surface area (Å²) in [5.41, 5.74) is 3.54. The van der Waals surface area contributed by atoms with Crippen LogP contribution in [0.4, 0.5) is 16.3 Å². The van der Waals surface area contributed by atoms with Gasteiger partial charge in [-0.3, -0.25) is 10.1 Å². The zero-order valence-electron chi connectivity index (χ0n) is 17.8. The lowest BCUT2D eigenvalue weighted by atomic mass is 10.0. The standard InChI is InChI=1S/C26H19ClFN5O/c27-20-11-9-18(10-12-20)22-16-23(19-4-2-1-3-5-19)33-26(29-22)31-25(32-33)30-24(34)15-8-17-6-13-21(28)14-7-17/h1-16,23H,(H2,29,30,31,32,34). The predicted molar refractivity (Wildman–Crippen MR) is 132 cm³/mol. The van der Waals surface area contributed by atoms with Gasteiger partial charge in [-0.15, -0.1) is 5.10 Å². The van der Waals surface area contributed by atoms with E-state index in [0.29, 0.717) is 16.5 Å². The Bertz CT molecular complexity index is 1380. The predicted octanol–water partition coefficient (Wildman–Crippen LogP) is 5.78. The summed E-state index contributed by atoms with van der Waals surface area (Å²) in [5, 5.41) is 11.2. The smallest absolute Gasteiger partial charge is 0.250 e. The molecule has 0 saturated heterocycles. The molecule has 5 rings (SSSR count). The van der Waals surface area contributed by atoms with Crippen LogP contribution in [-0.4, -0.2) is 20.7 Å². The van der Waals surface area contributed by atoms with Gasteiger partial charge in [0.25, 0.3) is 11.9 Å². The lowest BCUT2D eigenvalue weighted by Crippen LogP contribution is -2.20. The monoisotopic (exact) mass is 471 g/mol. The van der Waals surface area contributed by atoms with Crippen molar-refractivity contribution in [1.82, 2.24) is 14.8 Å². The fraction of sp³-hybridized carbons (Fsp3) is 0.0385. The van der Waals surface area contributed by atoms with E-state index in [1.165, 1.54) is 18.2 Å². The van der Waals surface area contributed by atoms with Crippen LogP contribution >= 0.6 is 11.6 Å². The van der Waals surface area contributed by atoms with Crippen LogP contribution in [0.25, 0.3) is 11.8 Å². The first-order valence-electron chi connectivity index (χ1n) is 10.6. The molecule has 8 heteroatoms. The first kappa shape index (κ1) is 21.6. The van der Waals surface area contributed by atoms with Gasteiger partial charge < -0.3 is 5.32 Å². The Balaban J connectivity index is 1.41. The van der Waals surface area contributed by atoms with Gasteiger partial charge in [-0.1, -0.05) is 66.2 Å². The van der Waals surface area contributed by atoms with Gasteiger partial charge in [0.1, 0.15) is 11.9 Å². The number of benzene rings is 3. The van der Waals surface area contributed by atoms with E-state index in [-0.39, 0.29) is 17.8 Å². The maximum absolute atomic E-state index is 13.1. The fourth-order valence-electron chi connectivity index (χ4n) is 3.63. The topological polar surface area (TPSA) is 71.8 Å². The number of carbonyl (C=O) groups is 1. The first-order chi connectivity index (χ1) is 16.5. The summed E-state index contributed by atoms with van der Waals surface area (Å²) in [6, 6.07) is 23.1. The van der Waals surface area contributed by atoms with E-state index in [0.717, 1.165) is 16.8 Å². The summed E-state index contributed by atoms with van der Waals surface area (Å²) < 4.78 is 14.8. The van der Waals surface area contributed by atoms with E-state index in [1.807, 2.05) is 54.6 Å². The highest BCUT2D eigenvalue weighted by Crippen LogP contribution is 2.33. The molecule has 1 aliphatic heterocycles. The van der Waals surface area contributed by atoms with Crippen molar-refractivity contribution in [3.8, 4) is 0 Å². The number of aromatic nitrogens is 3. The molecule has 34 heavy (non-hydrogen) atoms. The molecular formula is C26H19ClFN5O. The highest BCUT2D eigenvalue weighted by molar-refractivity contribution is 6.30. The van der Waals surface area contributed by atoms with Crippen molar-refractivity contribution in [3.63, 3.8) is 0 Å². The third kappa shape index (κ3) is 4.74. The quantitative estimate of drug-likeness (QED) is 0.362. The average Bonchev–Trinajstić information content (AvgIpc) is 3.26. The largest absolute Gasteiger partial charge is 0.324 e. The van der Waals surface area contributed by atoms with Gasteiger partial charge in [-0.25, -0.2) is 9.07 Å². The summed E-state index contributed by atoms with van der Waals surface area (Å²) in [6.07, 6.45) is 5.00. The Labute approximate surface area is 200 Å². The number of nitrogens with one attached hydrogen (secondary N) is 2. The average molecular weight is 472 g/mol. The summed E-state index contributed by atoms with van der Waals surface area (Å²) >= 11 is 6.05. The van der Waals surface area contributed by atoms with Crippen molar-refractivity contribution in [2.75, 3.05) is 10.6 Å². The SMILES string of the molecule is O=C(C=Cc1ccc(F)cc1)Nc1nc2n(n1)C(c1ccccc1)C=C(c1ccc(Cl)cc1)N2. The van der Waals surface area contributed by atoms with E-state index in [9.17, 15) is 9.18 Å². The zero-order valence-corrected chi connectivity index (χ0v) is 18.6. The molecule has 3 aromatic carbocycles. The summed E-state index contributed by atoms with van der Waals surface area (Å²) in [7, 11) is 0. The Morgan fingerprint density at radius 3 is 2.50 bits per heavy atom. The van der Waals surface area contributed by atoms with Crippen LogP contribution in [-0.2, 0) is 4.79 Å². The number of fused-ring (bicyclic) bond motifs is 1. The molecule has 1 aliphatic rings. The molecule has 2 N–H and O–H groups in total. The van der Waals surface area contributed by atoms with E-state index >= 15 is 0 Å². The molecule has 0 fully saturated rings. The van der Waals surface area contributed by atoms with E-state index in [4.69, 9.17) is 11.6 Å². The molecule has 0 spiro atoms. The first-order valence-corrected chi connectivity index (χ1v) is 10.9. The minimum atomic E-state index is -0.394. The number of nitrogens with zero attached hydrogens (tertiary/aromatic N) is 3. The van der Waals surface area contributed by atoms with Crippen LogP contribution < -0.4 is 10.6 Å². The maximum Gasteiger partial charge on any atom is 0.250 e. The van der Waals surface area contributed by atoms with Gasteiger partial charge in [-0.05, 0) is 53.1 Å². The number of carbonyl (C=O) groups excluding carboxylic acids is 1. The number of halogens is 2. The van der Waals surface area contributed by atoms with Crippen molar-refractivity contribution < 1.29 is 9.18 Å². The summed E-state index contributed by atoms with van der Waals surface area (Å²) in [5.74, 6) is -0.0575. The molecule has 0 saturated carbocycles. The molecule has 1 aromatic heterocycles. The summed E-state index contributed by atoms with van der Waals surface area (Å²) in [4.78, 5) is 16.9. The third-order valence-corrected chi connectivity index (χ3v) is 5.55.